The first kappa shape index (κ1) is 27.0. The summed E-state index contributed by atoms with van der Waals surface area (Å²) in [7, 11) is 3.36. The molecule has 0 aliphatic heterocycles. The van der Waals surface area contributed by atoms with E-state index in [1.165, 1.54) is 14.2 Å². The molecule has 0 aromatic heterocycles. The number of hydrogen-bond acceptors (Lipinski definition) is 8. The van der Waals surface area contributed by atoms with Crippen molar-refractivity contribution in [1.82, 2.24) is 0 Å². The van der Waals surface area contributed by atoms with Crippen LogP contribution in [0, 0.1) is 5.92 Å². The van der Waals surface area contributed by atoms with Gasteiger partial charge in [-0.15, -0.1) is 0 Å². The highest BCUT2D eigenvalue weighted by atomic mass is 31.2. The molecule has 0 bridgehead atoms. The van der Waals surface area contributed by atoms with Crippen molar-refractivity contribution in [2.24, 2.45) is 5.92 Å². The van der Waals surface area contributed by atoms with E-state index in [1.807, 2.05) is 6.07 Å². The van der Waals surface area contributed by atoms with Crippen LogP contribution in [0.15, 0.2) is 36.4 Å². The maximum absolute atomic E-state index is 13.9. The standard InChI is InChI=1S/C24H32NO9P/c1-25(2)21-10-6-15(12-23(21)33-34-35(27,28)29)18-9-7-16(30-3)13-19(18)24(26)20-14-17(31-4)8-11-22(20)32-5/h6,8,10-12,14,16,18-19H,7,9,13H2,1-5H3,(H2,27,28,29). The molecule has 1 aliphatic rings. The monoisotopic (exact) mass is 509 g/mol. The number of methoxy groups -OCH3 is 3. The minimum atomic E-state index is -4.86. The van der Waals surface area contributed by atoms with E-state index in [4.69, 9.17) is 28.9 Å². The zero-order chi connectivity index (χ0) is 25.8. The van der Waals surface area contributed by atoms with Gasteiger partial charge in [0.15, 0.2) is 11.5 Å². The number of ether oxygens (including phenoxy) is 3. The fourth-order valence-corrected chi connectivity index (χ4v) is 4.70. The van der Waals surface area contributed by atoms with Crippen LogP contribution in [0.4, 0.5) is 5.69 Å². The van der Waals surface area contributed by atoms with Crippen LogP contribution in [-0.2, 0) is 14.0 Å². The van der Waals surface area contributed by atoms with Gasteiger partial charge in [-0.3, -0.25) is 4.79 Å². The molecule has 10 nitrogen and oxygen atoms in total. The van der Waals surface area contributed by atoms with Crippen LogP contribution in [0.3, 0.4) is 0 Å². The van der Waals surface area contributed by atoms with Crippen LogP contribution in [0.25, 0.3) is 0 Å². The van der Waals surface area contributed by atoms with E-state index in [9.17, 15) is 9.36 Å². The highest BCUT2D eigenvalue weighted by Crippen LogP contribution is 2.45. The molecule has 0 amide bonds. The number of carbonyl (C=O) groups excluding carboxylic acids is 1. The number of carbonyl (C=O) groups is 1. The molecule has 35 heavy (non-hydrogen) atoms. The Balaban J connectivity index is 2.02. The van der Waals surface area contributed by atoms with Crippen molar-refractivity contribution >= 4 is 19.3 Å². The predicted molar refractivity (Wildman–Crippen MR) is 129 cm³/mol. The van der Waals surface area contributed by atoms with Gasteiger partial charge in [0.25, 0.3) is 0 Å². The van der Waals surface area contributed by atoms with Crippen LogP contribution in [-0.4, -0.2) is 57.1 Å². The molecule has 0 radical (unpaired) electrons. The number of anilines is 1. The summed E-state index contributed by atoms with van der Waals surface area (Å²) in [5.74, 6) is 0.406. The Bertz CT molecular complexity index is 1080. The third-order valence-corrected chi connectivity index (χ3v) is 6.53. The van der Waals surface area contributed by atoms with E-state index >= 15 is 0 Å². The van der Waals surface area contributed by atoms with E-state index < -0.39 is 13.7 Å². The normalized spacial score (nSPS) is 20.3. The Kier molecular flexibility index (Phi) is 8.79. The molecule has 1 fully saturated rings. The molecular formula is C24H32NO9P. The van der Waals surface area contributed by atoms with Gasteiger partial charge >= 0.3 is 7.82 Å². The molecule has 2 aromatic rings. The van der Waals surface area contributed by atoms with Gasteiger partial charge in [0.2, 0.25) is 0 Å². The van der Waals surface area contributed by atoms with Crippen molar-refractivity contribution in [3.05, 3.63) is 47.5 Å². The van der Waals surface area contributed by atoms with Crippen LogP contribution >= 0.6 is 7.82 Å². The van der Waals surface area contributed by atoms with Gasteiger partial charge in [-0.05, 0) is 61.1 Å². The summed E-state index contributed by atoms with van der Waals surface area (Å²) in [5.41, 5.74) is 1.77. The smallest absolute Gasteiger partial charge is 0.497 e. The number of hydrogen-bond donors (Lipinski definition) is 2. The van der Waals surface area contributed by atoms with Gasteiger partial charge in [0.1, 0.15) is 11.5 Å². The largest absolute Gasteiger partial charge is 0.505 e. The fourth-order valence-electron chi connectivity index (χ4n) is 4.53. The molecule has 0 saturated heterocycles. The summed E-state index contributed by atoms with van der Waals surface area (Å²) in [6.07, 6.45) is 1.85. The lowest BCUT2D eigenvalue weighted by Gasteiger charge is -2.35. The van der Waals surface area contributed by atoms with Crippen LogP contribution in [0.2, 0.25) is 0 Å². The molecule has 0 heterocycles. The maximum Gasteiger partial charge on any atom is 0.505 e. The molecular weight excluding hydrogens is 477 g/mol. The molecule has 11 heteroatoms. The van der Waals surface area contributed by atoms with E-state index in [2.05, 4.69) is 4.67 Å². The second-order valence-electron chi connectivity index (χ2n) is 8.58. The molecule has 192 valence electrons. The first-order valence-corrected chi connectivity index (χ1v) is 12.6. The van der Waals surface area contributed by atoms with Gasteiger partial charge in [-0.25, -0.2) is 4.57 Å². The summed E-state index contributed by atoms with van der Waals surface area (Å²) in [6, 6.07) is 10.4. The van der Waals surface area contributed by atoms with Crippen LogP contribution < -0.4 is 19.3 Å². The lowest BCUT2D eigenvalue weighted by Crippen LogP contribution is -2.33. The number of phosphoric acid groups is 1. The molecule has 3 unspecified atom stereocenters. The zero-order valence-electron chi connectivity index (χ0n) is 20.5. The second-order valence-corrected chi connectivity index (χ2v) is 9.71. The minimum absolute atomic E-state index is 0.0773. The zero-order valence-corrected chi connectivity index (χ0v) is 21.4. The molecule has 0 spiro atoms. The maximum atomic E-state index is 13.9. The molecule has 1 saturated carbocycles. The van der Waals surface area contributed by atoms with E-state index in [0.29, 0.717) is 35.6 Å². The summed E-state index contributed by atoms with van der Waals surface area (Å²) in [4.78, 5) is 38.8. The first-order valence-electron chi connectivity index (χ1n) is 11.1. The van der Waals surface area contributed by atoms with Crippen molar-refractivity contribution in [3.63, 3.8) is 0 Å². The molecule has 2 N–H and O–H groups in total. The minimum Gasteiger partial charge on any atom is -0.497 e. The molecule has 1 aliphatic carbocycles. The lowest BCUT2D eigenvalue weighted by atomic mass is 9.71. The first-order chi connectivity index (χ1) is 16.6. The van der Waals surface area contributed by atoms with Crippen molar-refractivity contribution < 1.29 is 42.9 Å². The SMILES string of the molecule is COc1ccc(OC)c(C(=O)C2CC(OC)CCC2c2ccc(N(C)C)c(OOP(=O)(O)O)c2)c1. The Labute approximate surface area is 204 Å². The van der Waals surface area contributed by atoms with Crippen molar-refractivity contribution in [1.29, 1.82) is 0 Å². The van der Waals surface area contributed by atoms with Crippen LogP contribution in [0.1, 0.15) is 41.1 Å². The van der Waals surface area contributed by atoms with Gasteiger partial charge in [-0.2, -0.15) is 0 Å². The Hall–Kier alpha value is -2.62. The quantitative estimate of drug-likeness (QED) is 0.211. The fraction of sp³-hybridized carbons (Fsp3) is 0.458. The highest BCUT2D eigenvalue weighted by Gasteiger charge is 2.38. The number of rotatable bonds is 10. The third-order valence-electron chi connectivity index (χ3n) is 6.26. The molecule has 3 atom stereocenters. The summed E-state index contributed by atoms with van der Waals surface area (Å²) in [6.45, 7) is 0. The average molecular weight is 509 g/mol. The third kappa shape index (κ3) is 6.54. The Morgan fingerprint density at radius 2 is 1.74 bits per heavy atom. The summed E-state index contributed by atoms with van der Waals surface area (Å²) in [5, 5.41) is 0. The highest BCUT2D eigenvalue weighted by molar-refractivity contribution is 7.46. The molecule has 2 aromatic carbocycles. The number of benzene rings is 2. The Morgan fingerprint density at radius 3 is 2.34 bits per heavy atom. The summed E-state index contributed by atoms with van der Waals surface area (Å²) >= 11 is 0. The topological polar surface area (TPSA) is 124 Å². The Morgan fingerprint density at radius 1 is 1.00 bits per heavy atom. The van der Waals surface area contributed by atoms with E-state index in [0.717, 1.165) is 12.0 Å². The van der Waals surface area contributed by atoms with Crippen molar-refractivity contribution in [2.45, 2.75) is 31.3 Å². The van der Waals surface area contributed by atoms with Gasteiger partial charge in [0.05, 0.1) is 31.6 Å². The van der Waals surface area contributed by atoms with Crippen LogP contribution in [0.5, 0.6) is 17.2 Å². The van der Waals surface area contributed by atoms with Gasteiger partial charge in [0, 0.05) is 27.1 Å². The van der Waals surface area contributed by atoms with E-state index in [1.54, 1.807) is 56.4 Å². The number of Topliss-reactive ketones (excluding diaryl/α,β-unsaturated/α-hetero) is 1. The van der Waals surface area contributed by atoms with E-state index in [-0.39, 0.29) is 23.6 Å². The molecule has 3 rings (SSSR count). The summed E-state index contributed by atoms with van der Waals surface area (Å²) < 4.78 is 31.9. The second kappa shape index (κ2) is 11.4. The number of ketones is 1. The number of nitrogens with zero attached hydrogens (tertiary/aromatic N) is 1. The van der Waals surface area contributed by atoms with Gasteiger partial charge < -0.3 is 33.8 Å². The lowest BCUT2D eigenvalue weighted by molar-refractivity contribution is -0.122. The predicted octanol–water partition coefficient (Wildman–Crippen LogP) is 3.95. The van der Waals surface area contributed by atoms with Gasteiger partial charge in [-0.1, -0.05) is 10.7 Å². The van der Waals surface area contributed by atoms with Crippen molar-refractivity contribution in [2.75, 3.05) is 40.3 Å². The van der Waals surface area contributed by atoms with Crippen molar-refractivity contribution in [3.8, 4) is 17.2 Å². The average Bonchev–Trinajstić information content (AvgIpc) is 2.85.